The van der Waals surface area contributed by atoms with Gasteiger partial charge >= 0.3 is 0 Å². The van der Waals surface area contributed by atoms with Crippen molar-refractivity contribution in [2.75, 3.05) is 4.72 Å². The number of rotatable bonds is 5. The fourth-order valence-corrected chi connectivity index (χ4v) is 4.02. The summed E-state index contributed by atoms with van der Waals surface area (Å²) in [6.07, 6.45) is 1.64. The molecule has 0 bridgehead atoms. The second-order valence-corrected chi connectivity index (χ2v) is 8.39. The van der Waals surface area contributed by atoms with E-state index in [2.05, 4.69) is 15.8 Å². The summed E-state index contributed by atoms with van der Waals surface area (Å²) in [7, 11) is -3.77. The van der Waals surface area contributed by atoms with Crippen LogP contribution in [0.15, 0.2) is 83.9 Å². The average molecular weight is 415 g/mol. The average Bonchev–Trinajstić information content (AvgIpc) is 2.74. The number of ether oxygens (including phenoxy) is 1. The van der Waals surface area contributed by atoms with Crippen LogP contribution in [-0.2, 0) is 10.0 Å². The number of aromatic nitrogens is 1. The summed E-state index contributed by atoms with van der Waals surface area (Å²) in [5.74, 6) is 0.837. The first-order valence-electron chi connectivity index (χ1n) is 9.11. The lowest BCUT2D eigenvalue weighted by Gasteiger charge is -2.13. The number of sulfonamides is 1. The van der Waals surface area contributed by atoms with E-state index in [-0.39, 0.29) is 4.90 Å². The van der Waals surface area contributed by atoms with Gasteiger partial charge in [-0.2, -0.15) is 5.26 Å². The highest BCUT2D eigenvalue weighted by atomic mass is 32.2. The molecule has 6 nitrogen and oxygen atoms in total. The lowest BCUT2D eigenvalue weighted by atomic mass is 10.2. The number of hydrogen-bond acceptors (Lipinski definition) is 5. The number of benzene rings is 3. The fraction of sp³-hybridized carbons (Fsp3) is 0.0435. The van der Waals surface area contributed by atoms with Crippen LogP contribution < -0.4 is 9.46 Å². The molecule has 0 saturated carbocycles. The molecule has 1 aromatic heterocycles. The molecule has 0 aliphatic heterocycles. The van der Waals surface area contributed by atoms with Crippen LogP contribution >= 0.6 is 0 Å². The van der Waals surface area contributed by atoms with Crippen LogP contribution in [0.1, 0.15) is 11.1 Å². The van der Waals surface area contributed by atoms with Gasteiger partial charge < -0.3 is 4.74 Å². The largest absolute Gasteiger partial charge is 0.455 e. The smallest absolute Gasteiger partial charge is 0.261 e. The molecule has 0 atom stereocenters. The molecule has 0 fully saturated rings. The third kappa shape index (κ3) is 4.09. The van der Waals surface area contributed by atoms with Crippen LogP contribution in [0.4, 0.5) is 5.69 Å². The Balaban J connectivity index is 1.74. The van der Waals surface area contributed by atoms with E-state index in [1.807, 2.05) is 13.0 Å². The van der Waals surface area contributed by atoms with E-state index in [1.54, 1.807) is 72.9 Å². The van der Waals surface area contributed by atoms with Gasteiger partial charge in [-0.25, -0.2) is 8.42 Å². The van der Waals surface area contributed by atoms with Crippen LogP contribution in [0.2, 0.25) is 0 Å². The zero-order valence-electron chi connectivity index (χ0n) is 16.0. The zero-order valence-corrected chi connectivity index (χ0v) is 16.8. The van der Waals surface area contributed by atoms with Gasteiger partial charge in [0, 0.05) is 17.6 Å². The molecule has 3 aromatic carbocycles. The van der Waals surface area contributed by atoms with Gasteiger partial charge in [-0.1, -0.05) is 29.8 Å². The summed E-state index contributed by atoms with van der Waals surface area (Å²) in [6.45, 7) is 1.89. The first kappa shape index (κ1) is 19.4. The minimum atomic E-state index is -3.77. The Morgan fingerprint density at radius 3 is 2.57 bits per heavy atom. The van der Waals surface area contributed by atoms with Gasteiger partial charge in [0.2, 0.25) is 0 Å². The summed E-state index contributed by atoms with van der Waals surface area (Å²) in [5.41, 5.74) is 2.36. The highest BCUT2D eigenvalue weighted by molar-refractivity contribution is 7.92. The molecule has 1 heterocycles. The van der Waals surface area contributed by atoms with Gasteiger partial charge in [0.25, 0.3) is 10.0 Å². The zero-order chi connectivity index (χ0) is 21.1. The quantitative estimate of drug-likeness (QED) is 0.495. The standard InChI is InChI=1S/C23H17N3O3S/c1-16-7-9-21(10-8-16)30(27,28)26-19-13-18-5-3-11-25-23(18)22(14-19)29-20-6-2-4-17(12-20)15-24/h2-14,26H,1H3. The predicted molar refractivity (Wildman–Crippen MR) is 115 cm³/mol. The van der Waals surface area contributed by atoms with Gasteiger partial charge in [0.05, 0.1) is 22.2 Å². The number of nitrogens with zero attached hydrogens (tertiary/aromatic N) is 2. The maximum absolute atomic E-state index is 12.8. The third-order valence-electron chi connectivity index (χ3n) is 4.44. The van der Waals surface area contributed by atoms with E-state index in [0.29, 0.717) is 33.7 Å². The monoisotopic (exact) mass is 415 g/mol. The number of hydrogen-bond donors (Lipinski definition) is 1. The molecule has 0 aliphatic carbocycles. The molecular weight excluding hydrogens is 398 g/mol. The number of anilines is 1. The van der Waals surface area contributed by atoms with E-state index >= 15 is 0 Å². The van der Waals surface area contributed by atoms with Gasteiger partial charge in [0.15, 0.2) is 5.75 Å². The normalized spacial score (nSPS) is 11.1. The molecule has 0 unspecified atom stereocenters. The van der Waals surface area contributed by atoms with E-state index in [9.17, 15) is 8.42 Å². The van der Waals surface area contributed by atoms with Crippen LogP contribution in [0.5, 0.6) is 11.5 Å². The van der Waals surface area contributed by atoms with Crippen molar-refractivity contribution in [2.24, 2.45) is 0 Å². The topological polar surface area (TPSA) is 92.1 Å². The second kappa shape index (κ2) is 7.85. The maximum atomic E-state index is 12.8. The number of nitrogens with one attached hydrogen (secondary N) is 1. The Kier molecular flexibility index (Phi) is 5.09. The van der Waals surface area contributed by atoms with Crippen LogP contribution in [0, 0.1) is 18.3 Å². The second-order valence-electron chi connectivity index (χ2n) is 6.71. The summed E-state index contributed by atoms with van der Waals surface area (Å²) in [6, 6.07) is 22.3. The summed E-state index contributed by atoms with van der Waals surface area (Å²) >= 11 is 0. The molecule has 1 N–H and O–H groups in total. The first-order chi connectivity index (χ1) is 14.4. The fourth-order valence-electron chi connectivity index (χ4n) is 2.98. The summed E-state index contributed by atoms with van der Waals surface area (Å²) in [4.78, 5) is 4.53. The van der Waals surface area contributed by atoms with Crippen LogP contribution in [0.3, 0.4) is 0 Å². The Labute approximate surface area is 174 Å². The van der Waals surface area contributed by atoms with E-state index in [4.69, 9.17) is 10.00 Å². The number of pyridine rings is 1. The summed E-state index contributed by atoms with van der Waals surface area (Å²) < 4.78 is 34.2. The highest BCUT2D eigenvalue weighted by Gasteiger charge is 2.16. The number of aryl methyl sites for hydroxylation is 1. The van der Waals surface area contributed by atoms with Crippen molar-refractivity contribution in [3.63, 3.8) is 0 Å². The molecule has 0 radical (unpaired) electrons. The van der Waals surface area contributed by atoms with Crippen molar-refractivity contribution in [3.05, 3.63) is 90.1 Å². The first-order valence-corrected chi connectivity index (χ1v) is 10.6. The number of nitriles is 1. The SMILES string of the molecule is Cc1ccc(S(=O)(=O)Nc2cc(Oc3cccc(C#N)c3)c3ncccc3c2)cc1. The molecule has 4 aromatic rings. The molecule has 0 aliphatic rings. The molecule has 0 saturated heterocycles. The lowest BCUT2D eigenvalue weighted by Crippen LogP contribution is -2.13. The highest BCUT2D eigenvalue weighted by Crippen LogP contribution is 2.33. The molecular formula is C23H17N3O3S. The summed E-state index contributed by atoms with van der Waals surface area (Å²) in [5, 5.41) is 9.82. The van der Waals surface area contributed by atoms with Crippen molar-refractivity contribution in [1.82, 2.24) is 4.98 Å². The molecule has 0 amide bonds. The van der Waals surface area contributed by atoms with Gasteiger partial charge in [-0.05, 0) is 49.4 Å². The van der Waals surface area contributed by atoms with Crippen LogP contribution in [-0.4, -0.2) is 13.4 Å². The van der Waals surface area contributed by atoms with Crippen molar-refractivity contribution >= 4 is 26.6 Å². The Hall–Kier alpha value is -3.89. The maximum Gasteiger partial charge on any atom is 0.261 e. The van der Waals surface area contributed by atoms with E-state index in [0.717, 1.165) is 5.56 Å². The van der Waals surface area contributed by atoms with Gasteiger partial charge in [-0.3, -0.25) is 9.71 Å². The molecule has 148 valence electrons. The Morgan fingerprint density at radius 2 is 1.80 bits per heavy atom. The molecule has 7 heteroatoms. The minimum absolute atomic E-state index is 0.170. The third-order valence-corrected chi connectivity index (χ3v) is 5.84. The van der Waals surface area contributed by atoms with E-state index < -0.39 is 10.0 Å². The van der Waals surface area contributed by atoms with Crippen molar-refractivity contribution in [1.29, 1.82) is 5.26 Å². The van der Waals surface area contributed by atoms with Crippen molar-refractivity contribution in [2.45, 2.75) is 11.8 Å². The van der Waals surface area contributed by atoms with E-state index in [1.165, 1.54) is 0 Å². The Bertz CT molecular complexity index is 1380. The lowest BCUT2D eigenvalue weighted by molar-refractivity contribution is 0.487. The predicted octanol–water partition coefficient (Wildman–Crippen LogP) is 5.01. The number of fused-ring (bicyclic) bond motifs is 1. The Morgan fingerprint density at radius 1 is 1.00 bits per heavy atom. The van der Waals surface area contributed by atoms with Crippen LogP contribution in [0.25, 0.3) is 10.9 Å². The van der Waals surface area contributed by atoms with Gasteiger partial charge in [0.1, 0.15) is 11.3 Å². The van der Waals surface area contributed by atoms with Crippen molar-refractivity contribution in [3.8, 4) is 17.6 Å². The minimum Gasteiger partial charge on any atom is -0.455 e. The van der Waals surface area contributed by atoms with Crippen molar-refractivity contribution < 1.29 is 13.2 Å². The molecule has 0 spiro atoms. The molecule has 30 heavy (non-hydrogen) atoms. The molecule has 4 rings (SSSR count). The van der Waals surface area contributed by atoms with Gasteiger partial charge in [-0.15, -0.1) is 0 Å².